The van der Waals surface area contributed by atoms with Crippen molar-refractivity contribution in [3.8, 4) is 0 Å². The summed E-state index contributed by atoms with van der Waals surface area (Å²) in [5.74, 6) is 1.25. The number of amides is 2. The molecule has 0 bridgehead atoms. The van der Waals surface area contributed by atoms with Crippen LogP contribution in [0.4, 0.5) is 9.59 Å². The number of ether oxygens (including phenoxy) is 2. The van der Waals surface area contributed by atoms with Crippen molar-refractivity contribution in [1.82, 2.24) is 29.7 Å². The largest absolute Gasteiger partial charge is 0.444 e. The van der Waals surface area contributed by atoms with Crippen LogP contribution in [0.2, 0.25) is 0 Å². The number of aromatic nitrogens is 4. The van der Waals surface area contributed by atoms with Crippen molar-refractivity contribution in [3.63, 3.8) is 0 Å². The molecule has 2 aromatic heterocycles. The monoisotopic (exact) mass is 548 g/mol. The maximum atomic E-state index is 12.0. The number of fused-ring (bicyclic) bond motifs is 2. The average Bonchev–Trinajstić information content (AvgIpc) is 2.85. The van der Waals surface area contributed by atoms with Gasteiger partial charge >= 0.3 is 12.2 Å². The van der Waals surface area contributed by atoms with Gasteiger partial charge < -0.3 is 24.4 Å². The Morgan fingerprint density at radius 3 is 1.66 bits per heavy atom. The minimum atomic E-state index is -0.501. The summed E-state index contributed by atoms with van der Waals surface area (Å²) in [6.45, 7) is 13.0. The highest BCUT2D eigenvalue weighted by atomic mass is 35.5. The molecular weight excluding hydrogens is 512 g/mol. The molecule has 0 spiro atoms. The van der Waals surface area contributed by atoms with Gasteiger partial charge in [-0.2, -0.15) is 0 Å². The first-order valence-corrected chi connectivity index (χ1v) is 13.1. The van der Waals surface area contributed by atoms with Crippen molar-refractivity contribution in [1.29, 1.82) is 0 Å². The Kier molecular flexibility index (Phi) is 9.48. The third kappa shape index (κ3) is 8.49. The third-order valence-electron chi connectivity index (χ3n) is 5.56. The van der Waals surface area contributed by atoms with Crippen LogP contribution in [-0.2, 0) is 47.9 Å². The fraction of sp³-hybridized carbons (Fsp3) is 0.615. The molecule has 2 amide bonds. The van der Waals surface area contributed by atoms with Crippen molar-refractivity contribution in [2.75, 3.05) is 13.1 Å². The molecule has 11 nitrogen and oxygen atoms in total. The van der Waals surface area contributed by atoms with E-state index in [-0.39, 0.29) is 24.7 Å². The van der Waals surface area contributed by atoms with E-state index in [0.29, 0.717) is 44.2 Å². The van der Waals surface area contributed by atoms with Gasteiger partial charge in [-0.3, -0.25) is 0 Å². The van der Waals surface area contributed by atoms with Crippen LogP contribution in [0, 0.1) is 0 Å². The SMILES string of the molecule is CC(C)(C)OC(=O)N1CCc2cnc(CCl)nc2C1.CC(C)(C)OC(=O)N1CCc2cnc(CO)nc2C1. The summed E-state index contributed by atoms with van der Waals surface area (Å²) in [4.78, 5) is 44.1. The molecule has 0 saturated carbocycles. The summed E-state index contributed by atoms with van der Waals surface area (Å²) in [7, 11) is 0. The standard InChI is InChI=1S/C13H18ClN3O2.C13H19N3O3/c1-13(2,3)19-12(18)17-5-4-9-7-15-11(6-14)16-10(9)8-17;1-13(2,3)19-12(18)16-5-4-9-6-14-11(8-17)15-10(9)7-16/h7H,4-6,8H2,1-3H3;6,17H,4-5,7-8H2,1-3H3. The predicted octanol–water partition coefficient (Wildman–Crippen LogP) is 3.77. The van der Waals surface area contributed by atoms with Gasteiger partial charge in [0.1, 0.15) is 23.6 Å². The molecule has 2 aliphatic heterocycles. The Hall–Kier alpha value is -3.05. The zero-order valence-corrected chi connectivity index (χ0v) is 23.7. The Balaban J connectivity index is 0.000000211. The van der Waals surface area contributed by atoms with Crippen LogP contribution >= 0.6 is 11.6 Å². The van der Waals surface area contributed by atoms with E-state index in [1.807, 2.05) is 41.5 Å². The van der Waals surface area contributed by atoms with Crippen LogP contribution in [0.1, 0.15) is 75.7 Å². The molecule has 0 unspecified atom stereocenters. The molecule has 0 radical (unpaired) electrons. The highest BCUT2D eigenvalue weighted by Crippen LogP contribution is 2.20. The van der Waals surface area contributed by atoms with Gasteiger partial charge in [0.2, 0.25) is 0 Å². The molecule has 4 heterocycles. The highest BCUT2D eigenvalue weighted by Gasteiger charge is 2.28. The number of rotatable bonds is 2. The van der Waals surface area contributed by atoms with Gasteiger partial charge in [-0.15, -0.1) is 11.6 Å². The number of aliphatic hydroxyl groups excluding tert-OH is 1. The molecular formula is C26H37ClN6O5. The van der Waals surface area contributed by atoms with E-state index in [1.54, 1.807) is 22.2 Å². The minimum Gasteiger partial charge on any atom is -0.444 e. The maximum Gasteiger partial charge on any atom is 0.410 e. The Labute approximate surface area is 228 Å². The second-order valence-electron chi connectivity index (χ2n) is 11.1. The van der Waals surface area contributed by atoms with Crippen molar-refractivity contribution < 1.29 is 24.2 Å². The van der Waals surface area contributed by atoms with Gasteiger partial charge in [-0.05, 0) is 65.5 Å². The van der Waals surface area contributed by atoms with E-state index in [0.717, 1.165) is 28.9 Å². The van der Waals surface area contributed by atoms with Crippen LogP contribution in [-0.4, -0.2) is 71.3 Å². The van der Waals surface area contributed by atoms with Gasteiger partial charge in [0.05, 0.1) is 30.4 Å². The normalized spacial score (nSPS) is 15.1. The fourth-order valence-electron chi connectivity index (χ4n) is 3.79. The molecule has 0 aliphatic carbocycles. The first kappa shape index (κ1) is 29.5. The van der Waals surface area contributed by atoms with Crippen molar-refractivity contribution >= 4 is 23.8 Å². The topological polar surface area (TPSA) is 131 Å². The molecule has 4 rings (SSSR count). The molecule has 2 aromatic rings. The minimum absolute atomic E-state index is 0.195. The molecule has 2 aliphatic rings. The number of halogens is 1. The lowest BCUT2D eigenvalue weighted by Crippen LogP contribution is -2.40. The van der Waals surface area contributed by atoms with Gasteiger partial charge in [0.25, 0.3) is 0 Å². The molecule has 0 saturated heterocycles. The summed E-state index contributed by atoms with van der Waals surface area (Å²) in [6, 6.07) is 0. The second kappa shape index (κ2) is 12.2. The van der Waals surface area contributed by atoms with Gasteiger partial charge in [0.15, 0.2) is 5.82 Å². The lowest BCUT2D eigenvalue weighted by Gasteiger charge is -2.30. The van der Waals surface area contributed by atoms with Gasteiger partial charge in [0, 0.05) is 25.5 Å². The van der Waals surface area contributed by atoms with Crippen molar-refractivity contribution in [3.05, 3.63) is 46.6 Å². The summed E-state index contributed by atoms with van der Waals surface area (Å²) in [6.07, 6.45) is 4.34. The predicted molar refractivity (Wildman–Crippen MR) is 140 cm³/mol. The zero-order chi connectivity index (χ0) is 28.1. The van der Waals surface area contributed by atoms with Crippen molar-refractivity contribution in [2.45, 2.75) is 91.2 Å². The van der Waals surface area contributed by atoms with E-state index in [4.69, 9.17) is 26.2 Å². The number of aliphatic hydroxyl groups is 1. The summed E-state index contributed by atoms with van der Waals surface area (Å²) >= 11 is 5.73. The summed E-state index contributed by atoms with van der Waals surface area (Å²) < 4.78 is 10.7. The Bertz CT molecular complexity index is 1060. The number of hydrogen-bond acceptors (Lipinski definition) is 9. The zero-order valence-electron chi connectivity index (χ0n) is 23.0. The number of carbonyl (C=O) groups is 2. The molecule has 0 atom stereocenters. The summed E-state index contributed by atoms with van der Waals surface area (Å²) in [5.41, 5.74) is 2.77. The maximum absolute atomic E-state index is 12.0. The van der Waals surface area contributed by atoms with E-state index in [1.165, 1.54) is 0 Å². The van der Waals surface area contributed by atoms with E-state index < -0.39 is 11.2 Å². The first-order valence-electron chi connectivity index (χ1n) is 12.6. The van der Waals surface area contributed by atoms with Crippen molar-refractivity contribution in [2.24, 2.45) is 0 Å². The molecule has 0 fully saturated rings. The quantitative estimate of drug-likeness (QED) is 0.557. The summed E-state index contributed by atoms with van der Waals surface area (Å²) in [5, 5.41) is 9.04. The molecule has 208 valence electrons. The van der Waals surface area contributed by atoms with Crippen LogP contribution in [0.25, 0.3) is 0 Å². The lowest BCUT2D eigenvalue weighted by molar-refractivity contribution is 0.0210. The Morgan fingerprint density at radius 1 is 0.842 bits per heavy atom. The van der Waals surface area contributed by atoms with E-state index >= 15 is 0 Å². The molecule has 0 aromatic carbocycles. The van der Waals surface area contributed by atoms with Crippen LogP contribution in [0.15, 0.2) is 12.4 Å². The van der Waals surface area contributed by atoms with E-state index in [2.05, 4.69) is 19.9 Å². The van der Waals surface area contributed by atoms with Crippen LogP contribution < -0.4 is 0 Å². The van der Waals surface area contributed by atoms with Crippen LogP contribution in [0.3, 0.4) is 0 Å². The molecule has 12 heteroatoms. The third-order valence-corrected chi connectivity index (χ3v) is 5.79. The molecule has 38 heavy (non-hydrogen) atoms. The number of carbonyl (C=O) groups excluding carboxylic acids is 2. The number of alkyl halides is 1. The number of nitrogens with zero attached hydrogens (tertiary/aromatic N) is 6. The lowest BCUT2D eigenvalue weighted by atomic mass is 10.1. The second-order valence-corrected chi connectivity index (χ2v) is 11.4. The van der Waals surface area contributed by atoms with E-state index in [9.17, 15) is 9.59 Å². The number of hydrogen-bond donors (Lipinski definition) is 1. The smallest absolute Gasteiger partial charge is 0.410 e. The van der Waals surface area contributed by atoms with Crippen LogP contribution in [0.5, 0.6) is 0 Å². The first-order chi connectivity index (χ1) is 17.8. The highest BCUT2D eigenvalue weighted by molar-refractivity contribution is 6.16. The average molecular weight is 549 g/mol. The van der Waals surface area contributed by atoms with Gasteiger partial charge in [-0.25, -0.2) is 29.5 Å². The Morgan fingerprint density at radius 2 is 1.26 bits per heavy atom. The molecule has 1 N–H and O–H groups in total. The fourth-order valence-corrected chi connectivity index (χ4v) is 3.92. The van der Waals surface area contributed by atoms with Gasteiger partial charge in [-0.1, -0.05) is 0 Å².